The van der Waals surface area contributed by atoms with Crippen LogP contribution in [-0.2, 0) is 9.53 Å². The van der Waals surface area contributed by atoms with E-state index < -0.39 is 17.1 Å². The van der Waals surface area contributed by atoms with E-state index in [2.05, 4.69) is 10.1 Å². The smallest absolute Gasteiger partial charge is 0.337 e. The highest BCUT2D eigenvalue weighted by atomic mass is 32.2. The van der Waals surface area contributed by atoms with Crippen molar-refractivity contribution in [2.45, 2.75) is 0 Å². The summed E-state index contributed by atoms with van der Waals surface area (Å²) in [5.41, 5.74) is 1.23. The van der Waals surface area contributed by atoms with Gasteiger partial charge in [0.2, 0.25) is 0 Å². The summed E-state index contributed by atoms with van der Waals surface area (Å²) in [6.07, 6.45) is 1.51. The molecule has 23 heavy (non-hydrogen) atoms. The number of benzene rings is 1. The van der Waals surface area contributed by atoms with E-state index in [1.807, 2.05) is 0 Å². The third-order valence-electron chi connectivity index (χ3n) is 3.13. The second kappa shape index (κ2) is 6.13. The van der Waals surface area contributed by atoms with Crippen molar-refractivity contribution in [3.8, 4) is 11.3 Å². The first-order valence-electron chi connectivity index (χ1n) is 6.60. The number of rotatable bonds is 3. The topological polar surface area (TPSA) is 85.6 Å². The first-order chi connectivity index (χ1) is 11.1. The molecule has 1 N–H and O–H groups in total. The van der Waals surface area contributed by atoms with Gasteiger partial charge in [-0.25, -0.2) is 4.79 Å². The van der Waals surface area contributed by atoms with Crippen LogP contribution >= 0.6 is 11.8 Å². The zero-order valence-electron chi connectivity index (χ0n) is 12.0. The SMILES string of the molecule is COC(=O)c1ccc(-c2ccc(/C=C3/SC(=O)NC3=O)o2)cc1. The standard InChI is InChI=1S/C16H11NO5S/c1-21-15(19)10-4-2-9(3-5-10)12-7-6-11(22-12)8-13-14(18)17-16(20)23-13/h2-8H,1H3,(H,17,18,20)/b13-8+. The molecule has 1 aliphatic rings. The summed E-state index contributed by atoms with van der Waals surface area (Å²) in [5, 5.41) is 1.78. The highest BCUT2D eigenvalue weighted by Gasteiger charge is 2.25. The number of methoxy groups -OCH3 is 1. The number of carbonyl (C=O) groups is 3. The Morgan fingerprint density at radius 1 is 1.17 bits per heavy atom. The van der Waals surface area contributed by atoms with Gasteiger partial charge in [0.1, 0.15) is 11.5 Å². The maximum Gasteiger partial charge on any atom is 0.337 e. The molecule has 1 aromatic carbocycles. The number of ether oxygens (including phenoxy) is 1. The minimum absolute atomic E-state index is 0.289. The minimum Gasteiger partial charge on any atom is -0.465 e. The molecule has 0 radical (unpaired) electrons. The van der Waals surface area contributed by atoms with Gasteiger partial charge < -0.3 is 9.15 Å². The van der Waals surface area contributed by atoms with Gasteiger partial charge in [-0.05, 0) is 36.0 Å². The molecule has 116 valence electrons. The fraction of sp³-hybridized carbons (Fsp3) is 0.0625. The van der Waals surface area contributed by atoms with Gasteiger partial charge in [-0.3, -0.25) is 14.9 Å². The highest BCUT2D eigenvalue weighted by molar-refractivity contribution is 8.18. The number of hydrogen-bond acceptors (Lipinski definition) is 6. The number of thioether (sulfide) groups is 1. The van der Waals surface area contributed by atoms with Crippen LogP contribution in [0.5, 0.6) is 0 Å². The summed E-state index contributed by atoms with van der Waals surface area (Å²) < 4.78 is 10.3. The molecule has 3 rings (SSSR count). The van der Waals surface area contributed by atoms with E-state index in [4.69, 9.17) is 4.42 Å². The van der Waals surface area contributed by atoms with Crippen molar-refractivity contribution in [1.29, 1.82) is 0 Å². The number of furan rings is 1. The maximum absolute atomic E-state index is 11.5. The lowest BCUT2D eigenvalue weighted by atomic mass is 10.1. The Kier molecular flexibility index (Phi) is 4.03. The van der Waals surface area contributed by atoms with Crippen molar-refractivity contribution >= 4 is 35.0 Å². The first-order valence-corrected chi connectivity index (χ1v) is 7.42. The van der Waals surface area contributed by atoms with Crippen molar-refractivity contribution in [3.05, 3.63) is 52.6 Å². The molecule has 0 spiro atoms. The van der Waals surface area contributed by atoms with Gasteiger partial charge in [-0.15, -0.1) is 0 Å². The summed E-state index contributed by atoms with van der Waals surface area (Å²) in [6.45, 7) is 0. The molecule has 1 fully saturated rings. The molecule has 0 saturated carbocycles. The summed E-state index contributed by atoms with van der Waals surface area (Å²) in [7, 11) is 1.32. The third-order valence-corrected chi connectivity index (χ3v) is 3.94. The van der Waals surface area contributed by atoms with Crippen LogP contribution in [0.1, 0.15) is 16.1 Å². The Hall–Kier alpha value is -2.80. The molecule has 6 nitrogen and oxygen atoms in total. The monoisotopic (exact) mass is 329 g/mol. The van der Waals surface area contributed by atoms with Gasteiger partial charge in [0.25, 0.3) is 11.1 Å². The summed E-state index contributed by atoms with van der Waals surface area (Å²) >= 11 is 0.831. The predicted molar refractivity (Wildman–Crippen MR) is 84.6 cm³/mol. The van der Waals surface area contributed by atoms with E-state index in [9.17, 15) is 14.4 Å². The molecule has 2 aromatic rings. The van der Waals surface area contributed by atoms with Crippen molar-refractivity contribution in [3.63, 3.8) is 0 Å². The van der Waals surface area contributed by atoms with Crippen molar-refractivity contribution in [2.75, 3.05) is 7.11 Å². The molecule has 1 saturated heterocycles. The number of carbonyl (C=O) groups excluding carboxylic acids is 3. The van der Waals surface area contributed by atoms with E-state index in [1.165, 1.54) is 13.2 Å². The van der Waals surface area contributed by atoms with E-state index >= 15 is 0 Å². The fourth-order valence-corrected chi connectivity index (χ4v) is 2.69. The molecule has 1 aromatic heterocycles. The highest BCUT2D eigenvalue weighted by Crippen LogP contribution is 2.28. The number of esters is 1. The Labute approximate surface area is 135 Å². The van der Waals surface area contributed by atoms with Crippen LogP contribution in [0.15, 0.2) is 45.7 Å². The van der Waals surface area contributed by atoms with E-state index in [0.717, 1.165) is 17.3 Å². The van der Waals surface area contributed by atoms with Crippen molar-refractivity contribution in [1.82, 2.24) is 5.32 Å². The number of hydrogen-bond donors (Lipinski definition) is 1. The van der Waals surface area contributed by atoms with Crippen LogP contribution in [0.3, 0.4) is 0 Å². The molecule has 2 heterocycles. The van der Waals surface area contributed by atoms with Gasteiger partial charge in [-0.1, -0.05) is 12.1 Å². The van der Waals surface area contributed by atoms with Crippen LogP contribution in [-0.4, -0.2) is 24.2 Å². The normalized spacial score (nSPS) is 15.8. The van der Waals surface area contributed by atoms with E-state index in [1.54, 1.807) is 36.4 Å². The number of imide groups is 1. The lowest BCUT2D eigenvalue weighted by molar-refractivity contribution is -0.115. The van der Waals surface area contributed by atoms with Gasteiger partial charge in [0.15, 0.2) is 0 Å². The molecular formula is C16H11NO5S. The lowest BCUT2D eigenvalue weighted by Gasteiger charge is -2.00. The molecule has 2 amide bonds. The predicted octanol–water partition coefficient (Wildman–Crippen LogP) is 3.06. The van der Waals surface area contributed by atoms with E-state index in [0.29, 0.717) is 17.1 Å². The largest absolute Gasteiger partial charge is 0.465 e. The molecule has 0 aliphatic carbocycles. The van der Waals surface area contributed by atoms with Crippen LogP contribution < -0.4 is 5.32 Å². The van der Waals surface area contributed by atoms with Gasteiger partial charge in [-0.2, -0.15) is 0 Å². The quantitative estimate of drug-likeness (QED) is 0.688. The van der Waals surface area contributed by atoms with Gasteiger partial charge in [0.05, 0.1) is 17.6 Å². The Morgan fingerprint density at radius 3 is 2.52 bits per heavy atom. The van der Waals surface area contributed by atoms with Crippen molar-refractivity contribution in [2.24, 2.45) is 0 Å². The zero-order valence-corrected chi connectivity index (χ0v) is 12.8. The average Bonchev–Trinajstić information content (AvgIpc) is 3.14. The number of amides is 2. The third kappa shape index (κ3) is 3.19. The summed E-state index contributed by atoms with van der Waals surface area (Å²) in [5.74, 6) is 0.211. The second-order valence-electron chi connectivity index (χ2n) is 4.62. The second-order valence-corrected chi connectivity index (χ2v) is 5.64. The fourth-order valence-electron chi connectivity index (χ4n) is 2.02. The molecule has 0 atom stereocenters. The Bertz CT molecular complexity index is 819. The maximum atomic E-state index is 11.5. The molecular weight excluding hydrogens is 318 g/mol. The summed E-state index contributed by atoms with van der Waals surface area (Å²) in [6, 6.07) is 10.2. The Morgan fingerprint density at radius 2 is 1.91 bits per heavy atom. The van der Waals surface area contributed by atoms with Crippen molar-refractivity contribution < 1.29 is 23.5 Å². The van der Waals surface area contributed by atoms with Gasteiger partial charge in [0, 0.05) is 11.6 Å². The first kappa shape index (κ1) is 15.1. The molecule has 7 heteroatoms. The van der Waals surface area contributed by atoms with Crippen LogP contribution in [0.25, 0.3) is 17.4 Å². The minimum atomic E-state index is -0.430. The molecule has 0 unspecified atom stereocenters. The Balaban J connectivity index is 1.82. The molecule has 1 aliphatic heterocycles. The lowest BCUT2D eigenvalue weighted by Crippen LogP contribution is -2.17. The van der Waals surface area contributed by atoms with Crippen LogP contribution in [0.2, 0.25) is 0 Å². The van der Waals surface area contributed by atoms with Gasteiger partial charge >= 0.3 is 5.97 Å². The van der Waals surface area contributed by atoms with E-state index in [-0.39, 0.29) is 4.91 Å². The molecule has 0 bridgehead atoms. The zero-order chi connectivity index (χ0) is 16.4. The van der Waals surface area contributed by atoms with Crippen LogP contribution in [0.4, 0.5) is 4.79 Å². The van der Waals surface area contributed by atoms with Crippen LogP contribution in [0, 0.1) is 0 Å². The average molecular weight is 329 g/mol. The number of nitrogens with one attached hydrogen (secondary N) is 1. The summed E-state index contributed by atoms with van der Waals surface area (Å²) in [4.78, 5) is 34.3.